The van der Waals surface area contributed by atoms with E-state index in [0.29, 0.717) is 18.6 Å². The number of rotatable bonds is 5. The lowest BCUT2D eigenvalue weighted by molar-refractivity contribution is -0.131. The van der Waals surface area contributed by atoms with Crippen molar-refractivity contribution in [1.29, 1.82) is 0 Å². The van der Waals surface area contributed by atoms with Crippen LogP contribution in [0.25, 0.3) is 17.1 Å². The second kappa shape index (κ2) is 7.12. The Balaban J connectivity index is 1.98. The smallest absolute Gasteiger partial charge is 0.407 e. The van der Waals surface area contributed by atoms with E-state index in [1.54, 1.807) is 37.6 Å². The molecule has 0 fully saturated rings. The lowest BCUT2D eigenvalue weighted by Gasteiger charge is -2.19. The van der Waals surface area contributed by atoms with Gasteiger partial charge in [-0.15, -0.1) is 5.10 Å². The lowest BCUT2D eigenvalue weighted by atomic mass is 10.2. The molecule has 1 amide bonds. The van der Waals surface area contributed by atoms with Crippen molar-refractivity contribution in [2.45, 2.75) is 32.9 Å². The number of hydrogen-bond donors (Lipinski definition) is 2. The third-order valence-corrected chi connectivity index (χ3v) is 2.95. The molecule has 2 rings (SSSR count). The van der Waals surface area contributed by atoms with E-state index in [2.05, 4.69) is 15.6 Å². The number of carbonyl (C=O) groups excluding carboxylic acids is 1. The summed E-state index contributed by atoms with van der Waals surface area (Å²) in [7, 11) is 0. The van der Waals surface area contributed by atoms with Gasteiger partial charge in [0, 0.05) is 12.6 Å². The minimum absolute atomic E-state index is 0.355. The Hall–Kier alpha value is -2.90. The van der Waals surface area contributed by atoms with Gasteiger partial charge in [0.25, 0.3) is 0 Å². The van der Waals surface area contributed by atoms with Crippen molar-refractivity contribution >= 4 is 29.2 Å². The van der Waals surface area contributed by atoms with E-state index < -0.39 is 17.7 Å². The standard InChI is InChI=1S/C16H20N4O4/c1-16(2,3)24-15(23)17-8-9-20-13-6-4-11(5-7-14(21)22)10-12(13)18-19-20/h4-7,10H,8-9H2,1-3H3,(H,17,23)(H,21,22). The van der Waals surface area contributed by atoms with Crippen molar-refractivity contribution in [3.8, 4) is 0 Å². The third kappa shape index (κ3) is 5.08. The minimum atomic E-state index is -1.01. The molecule has 0 spiro atoms. The normalized spacial score (nSPS) is 11.8. The van der Waals surface area contributed by atoms with Gasteiger partial charge in [0.2, 0.25) is 0 Å². The molecule has 0 saturated carbocycles. The average molecular weight is 332 g/mol. The van der Waals surface area contributed by atoms with Crippen LogP contribution in [0, 0.1) is 0 Å². The molecule has 0 unspecified atom stereocenters. The Bertz CT molecular complexity index is 774. The van der Waals surface area contributed by atoms with Gasteiger partial charge in [0.05, 0.1) is 12.1 Å². The molecule has 0 radical (unpaired) electrons. The zero-order valence-electron chi connectivity index (χ0n) is 13.8. The molecule has 0 bridgehead atoms. The van der Waals surface area contributed by atoms with Crippen LogP contribution in [0.1, 0.15) is 26.3 Å². The molecular weight excluding hydrogens is 312 g/mol. The van der Waals surface area contributed by atoms with Crippen LogP contribution in [-0.2, 0) is 16.1 Å². The SMILES string of the molecule is CC(C)(C)OC(=O)NCCn1nnc2cc(C=CC(=O)O)ccc21. The fourth-order valence-electron chi connectivity index (χ4n) is 2.00. The predicted octanol–water partition coefficient (Wildman–Crippen LogP) is 2.05. The van der Waals surface area contributed by atoms with Crippen molar-refractivity contribution < 1.29 is 19.4 Å². The fraction of sp³-hybridized carbons (Fsp3) is 0.375. The molecular formula is C16H20N4O4. The number of carbonyl (C=O) groups is 2. The molecule has 0 atom stereocenters. The van der Waals surface area contributed by atoms with E-state index in [1.807, 2.05) is 6.07 Å². The van der Waals surface area contributed by atoms with E-state index >= 15 is 0 Å². The summed E-state index contributed by atoms with van der Waals surface area (Å²) in [5.41, 5.74) is 1.64. The first-order valence-electron chi connectivity index (χ1n) is 7.46. The lowest BCUT2D eigenvalue weighted by Crippen LogP contribution is -2.34. The van der Waals surface area contributed by atoms with E-state index in [0.717, 1.165) is 17.2 Å². The maximum absolute atomic E-state index is 11.6. The summed E-state index contributed by atoms with van der Waals surface area (Å²) in [4.78, 5) is 22.1. The van der Waals surface area contributed by atoms with Gasteiger partial charge in [-0.25, -0.2) is 14.3 Å². The highest BCUT2D eigenvalue weighted by Gasteiger charge is 2.15. The Morgan fingerprint density at radius 3 is 2.79 bits per heavy atom. The van der Waals surface area contributed by atoms with Gasteiger partial charge in [-0.1, -0.05) is 11.3 Å². The number of aromatic nitrogens is 3. The molecule has 128 valence electrons. The predicted molar refractivity (Wildman–Crippen MR) is 88.4 cm³/mol. The van der Waals surface area contributed by atoms with Gasteiger partial charge >= 0.3 is 12.1 Å². The zero-order valence-corrected chi connectivity index (χ0v) is 13.8. The summed E-state index contributed by atoms with van der Waals surface area (Å²) in [5.74, 6) is -1.01. The minimum Gasteiger partial charge on any atom is -0.478 e. The van der Waals surface area contributed by atoms with Crippen molar-refractivity contribution in [3.05, 3.63) is 29.8 Å². The fourth-order valence-corrected chi connectivity index (χ4v) is 2.00. The molecule has 2 N–H and O–H groups in total. The quantitative estimate of drug-likeness (QED) is 0.812. The molecule has 1 aromatic heterocycles. The van der Waals surface area contributed by atoms with Gasteiger partial charge in [-0.2, -0.15) is 0 Å². The number of nitrogens with zero attached hydrogens (tertiary/aromatic N) is 3. The Morgan fingerprint density at radius 2 is 2.12 bits per heavy atom. The number of hydrogen-bond acceptors (Lipinski definition) is 5. The van der Waals surface area contributed by atoms with Crippen LogP contribution >= 0.6 is 0 Å². The number of carboxylic acids is 1. The van der Waals surface area contributed by atoms with Crippen LogP contribution in [0.3, 0.4) is 0 Å². The highest BCUT2D eigenvalue weighted by molar-refractivity contribution is 5.86. The summed E-state index contributed by atoms with van der Waals surface area (Å²) >= 11 is 0. The number of carboxylic acid groups (broad SMARTS) is 1. The van der Waals surface area contributed by atoms with E-state index in [1.165, 1.54) is 6.08 Å². The molecule has 1 heterocycles. The number of amides is 1. The van der Waals surface area contributed by atoms with Gasteiger partial charge in [0.1, 0.15) is 11.1 Å². The first kappa shape index (κ1) is 17.5. The number of alkyl carbamates (subject to hydrolysis) is 1. The largest absolute Gasteiger partial charge is 0.478 e. The zero-order chi connectivity index (χ0) is 17.7. The van der Waals surface area contributed by atoms with E-state index in [-0.39, 0.29) is 0 Å². The van der Waals surface area contributed by atoms with Crippen LogP contribution < -0.4 is 5.32 Å². The average Bonchev–Trinajstić information content (AvgIpc) is 2.86. The molecule has 8 nitrogen and oxygen atoms in total. The molecule has 2 aromatic rings. The number of nitrogens with one attached hydrogen (secondary N) is 1. The maximum Gasteiger partial charge on any atom is 0.407 e. The second-order valence-electron chi connectivity index (χ2n) is 6.16. The first-order valence-corrected chi connectivity index (χ1v) is 7.46. The molecule has 0 aliphatic rings. The highest BCUT2D eigenvalue weighted by Crippen LogP contribution is 2.14. The Morgan fingerprint density at radius 1 is 1.38 bits per heavy atom. The molecule has 0 saturated heterocycles. The second-order valence-corrected chi connectivity index (χ2v) is 6.16. The Labute approximate surface area is 139 Å². The summed E-state index contributed by atoms with van der Waals surface area (Å²) in [5, 5.41) is 19.4. The third-order valence-electron chi connectivity index (χ3n) is 2.95. The van der Waals surface area contributed by atoms with Gasteiger partial charge < -0.3 is 15.2 Å². The van der Waals surface area contributed by atoms with Crippen molar-refractivity contribution in [2.24, 2.45) is 0 Å². The molecule has 8 heteroatoms. The molecule has 1 aromatic carbocycles. The molecule has 0 aliphatic heterocycles. The van der Waals surface area contributed by atoms with Crippen molar-refractivity contribution in [3.63, 3.8) is 0 Å². The van der Waals surface area contributed by atoms with E-state index in [9.17, 15) is 9.59 Å². The number of benzene rings is 1. The first-order chi connectivity index (χ1) is 11.2. The molecule has 24 heavy (non-hydrogen) atoms. The molecule has 0 aliphatic carbocycles. The Kier molecular flexibility index (Phi) is 5.18. The van der Waals surface area contributed by atoms with Crippen molar-refractivity contribution in [2.75, 3.05) is 6.54 Å². The van der Waals surface area contributed by atoms with Gasteiger partial charge in [-0.3, -0.25) is 0 Å². The van der Waals surface area contributed by atoms with Crippen LogP contribution in [0.15, 0.2) is 24.3 Å². The van der Waals surface area contributed by atoms with Gasteiger partial charge in [-0.05, 0) is 44.5 Å². The van der Waals surface area contributed by atoms with Crippen LogP contribution in [-0.4, -0.2) is 44.3 Å². The van der Waals surface area contributed by atoms with Crippen LogP contribution in [0.4, 0.5) is 4.79 Å². The topological polar surface area (TPSA) is 106 Å². The van der Waals surface area contributed by atoms with E-state index in [4.69, 9.17) is 9.84 Å². The monoisotopic (exact) mass is 332 g/mol. The van der Waals surface area contributed by atoms with Gasteiger partial charge in [0.15, 0.2) is 0 Å². The summed E-state index contributed by atoms with van der Waals surface area (Å²) in [6.45, 7) is 6.20. The highest BCUT2D eigenvalue weighted by atomic mass is 16.6. The van der Waals surface area contributed by atoms with Crippen LogP contribution in [0.5, 0.6) is 0 Å². The van der Waals surface area contributed by atoms with Crippen LogP contribution in [0.2, 0.25) is 0 Å². The number of aliphatic carboxylic acids is 1. The summed E-state index contributed by atoms with van der Waals surface area (Å²) < 4.78 is 6.82. The summed E-state index contributed by atoms with van der Waals surface area (Å²) in [6.07, 6.45) is 2.08. The van der Waals surface area contributed by atoms with Crippen molar-refractivity contribution in [1.82, 2.24) is 20.3 Å². The summed E-state index contributed by atoms with van der Waals surface area (Å²) in [6, 6.07) is 5.34. The number of fused-ring (bicyclic) bond motifs is 1. The number of ether oxygens (including phenoxy) is 1. The maximum atomic E-state index is 11.6.